The van der Waals surface area contributed by atoms with E-state index < -0.39 is 11.7 Å². The zero-order valence-corrected chi connectivity index (χ0v) is 15.7. The molecule has 0 atom stereocenters. The Morgan fingerprint density at radius 3 is 2.46 bits per heavy atom. The summed E-state index contributed by atoms with van der Waals surface area (Å²) < 4.78 is 19.4. The van der Waals surface area contributed by atoms with Crippen molar-refractivity contribution in [2.45, 2.75) is 13.8 Å². The first-order valence-corrected chi connectivity index (χ1v) is 9.09. The van der Waals surface area contributed by atoms with Gasteiger partial charge in [0.25, 0.3) is 11.8 Å². The van der Waals surface area contributed by atoms with Gasteiger partial charge in [0.15, 0.2) is 5.76 Å². The van der Waals surface area contributed by atoms with Crippen molar-refractivity contribution in [2.75, 3.05) is 18.4 Å². The summed E-state index contributed by atoms with van der Waals surface area (Å²) in [7, 11) is 0. The van der Waals surface area contributed by atoms with E-state index in [0.717, 1.165) is 0 Å². The molecule has 3 aromatic rings. The number of anilines is 1. The highest BCUT2D eigenvalue weighted by Crippen LogP contribution is 2.25. The fourth-order valence-corrected chi connectivity index (χ4v) is 2.88. The number of carbonyl (C=O) groups is 2. The van der Waals surface area contributed by atoms with E-state index in [9.17, 15) is 14.0 Å². The minimum Gasteiger partial charge on any atom is -0.451 e. The summed E-state index contributed by atoms with van der Waals surface area (Å²) in [6.07, 6.45) is 0. The minimum atomic E-state index is -0.477. The van der Waals surface area contributed by atoms with Crippen LogP contribution in [0.3, 0.4) is 0 Å². The van der Waals surface area contributed by atoms with Crippen LogP contribution in [0.1, 0.15) is 34.8 Å². The molecule has 0 aliphatic heterocycles. The maximum absolute atomic E-state index is 13.9. The highest BCUT2D eigenvalue weighted by molar-refractivity contribution is 6.03. The average molecular weight is 380 g/mol. The molecule has 0 saturated carbocycles. The lowest BCUT2D eigenvalue weighted by atomic mass is 10.1. The lowest BCUT2D eigenvalue weighted by molar-refractivity contribution is 0.0772. The molecule has 5 nitrogen and oxygen atoms in total. The quantitative estimate of drug-likeness (QED) is 0.667. The number of nitrogens with zero attached hydrogens (tertiary/aromatic N) is 1. The van der Waals surface area contributed by atoms with Crippen LogP contribution in [0.25, 0.3) is 11.3 Å². The number of hydrogen-bond donors (Lipinski definition) is 1. The fourth-order valence-electron chi connectivity index (χ4n) is 2.88. The third-order valence-electron chi connectivity index (χ3n) is 4.39. The zero-order chi connectivity index (χ0) is 20.1. The number of amides is 2. The van der Waals surface area contributed by atoms with Gasteiger partial charge in [-0.3, -0.25) is 9.59 Å². The van der Waals surface area contributed by atoms with Crippen LogP contribution in [0.2, 0.25) is 0 Å². The Labute approximate surface area is 162 Å². The summed E-state index contributed by atoms with van der Waals surface area (Å²) in [5.41, 5.74) is 1.26. The largest absolute Gasteiger partial charge is 0.451 e. The third kappa shape index (κ3) is 4.11. The normalized spacial score (nSPS) is 10.5. The molecular formula is C22H21FN2O3. The SMILES string of the molecule is CCN(CC)C(=O)c1cccc(NC(=O)c2ccc(-c3ccccc3F)o2)c1. The van der Waals surface area contributed by atoms with Crippen molar-refractivity contribution in [1.82, 2.24) is 4.90 Å². The second kappa shape index (κ2) is 8.52. The van der Waals surface area contributed by atoms with Crippen molar-refractivity contribution in [3.63, 3.8) is 0 Å². The van der Waals surface area contributed by atoms with Gasteiger partial charge >= 0.3 is 0 Å². The molecule has 0 spiro atoms. The van der Waals surface area contributed by atoms with E-state index in [0.29, 0.717) is 24.3 Å². The lowest BCUT2D eigenvalue weighted by Crippen LogP contribution is -2.30. The van der Waals surface area contributed by atoms with Crippen LogP contribution in [0, 0.1) is 5.82 Å². The van der Waals surface area contributed by atoms with Crippen molar-refractivity contribution < 1.29 is 18.4 Å². The molecule has 6 heteroatoms. The monoisotopic (exact) mass is 380 g/mol. The number of nitrogens with one attached hydrogen (secondary N) is 1. The first-order valence-electron chi connectivity index (χ1n) is 9.09. The van der Waals surface area contributed by atoms with E-state index in [-0.39, 0.29) is 23.0 Å². The van der Waals surface area contributed by atoms with Gasteiger partial charge in [0.2, 0.25) is 0 Å². The Kier molecular flexibility index (Phi) is 5.89. The zero-order valence-electron chi connectivity index (χ0n) is 15.7. The van der Waals surface area contributed by atoms with Crippen molar-refractivity contribution >= 4 is 17.5 Å². The molecule has 1 heterocycles. The van der Waals surface area contributed by atoms with Gasteiger partial charge in [0.1, 0.15) is 11.6 Å². The second-order valence-electron chi connectivity index (χ2n) is 6.16. The van der Waals surface area contributed by atoms with Crippen LogP contribution in [0.5, 0.6) is 0 Å². The summed E-state index contributed by atoms with van der Waals surface area (Å²) in [6.45, 7) is 5.04. The highest BCUT2D eigenvalue weighted by Gasteiger charge is 2.16. The first-order chi connectivity index (χ1) is 13.5. The molecular weight excluding hydrogens is 359 g/mol. The lowest BCUT2D eigenvalue weighted by Gasteiger charge is -2.18. The van der Waals surface area contributed by atoms with Crippen LogP contribution >= 0.6 is 0 Å². The van der Waals surface area contributed by atoms with E-state index in [4.69, 9.17) is 4.42 Å². The highest BCUT2D eigenvalue weighted by atomic mass is 19.1. The summed E-state index contributed by atoms with van der Waals surface area (Å²) in [4.78, 5) is 26.6. The summed E-state index contributed by atoms with van der Waals surface area (Å²) in [5, 5.41) is 2.71. The van der Waals surface area contributed by atoms with Crippen molar-refractivity contribution in [1.29, 1.82) is 0 Å². The van der Waals surface area contributed by atoms with Crippen LogP contribution < -0.4 is 5.32 Å². The average Bonchev–Trinajstić information content (AvgIpc) is 3.19. The summed E-state index contributed by atoms with van der Waals surface area (Å²) in [6, 6.07) is 16.0. The maximum Gasteiger partial charge on any atom is 0.291 e. The second-order valence-corrected chi connectivity index (χ2v) is 6.16. The van der Waals surface area contributed by atoms with E-state index in [2.05, 4.69) is 5.32 Å². The van der Waals surface area contributed by atoms with E-state index >= 15 is 0 Å². The maximum atomic E-state index is 13.9. The third-order valence-corrected chi connectivity index (χ3v) is 4.39. The molecule has 0 fully saturated rings. The van der Waals surface area contributed by atoms with Gasteiger partial charge in [0, 0.05) is 24.3 Å². The standard InChI is InChI=1S/C22H21FN2O3/c1-3-25(4-2)22(27)15-8-7-9-16(14-15)24-21(26)20-13-12-19(28-20)17-10-5-6-11-18(17)23/h5-14H,3-4H2,1-2H3,(H,24,26). The smallest absolute Gasteiger partial charge is 0.291 e. The number of hydrogen-bond acceptors (Lipinski definition) is 3. The van der Waals surface area contributed by atoms with Crippen molar-refractivity contribution in [2.24, 2.45) is 0 Å². The topological polar surface area (TPSA) is 62.6 Å². The molecule has 0 bridgehead atoms. The number of furan rings is 1. The van der Waals surface area contributed by atoms with Crippen LogP contribution in [-0.4, -0.2) is 29.8 Å². The molecule has 3 rings (SSSR count). The Hall–Kier alpha value is -3.41. The Morgan fingerprint density at radius 1 is 1.00 bits per heavy atom. The first kappa shape index (κ1) is 19.4. The number of benzene rings is 2. The molecule has 2 aromatic carbocycles. The van der Waals surface area contributed by atoms with Crippen LogP contribution in [-0.2, 0) is 0 Å². The van der Waals surface area contributed by atoms with E-state index in [1.165, 1.54) is 12.1 Å². The molecule has 0 aliphatic carbocycles. The Bertz CT molecular complexity index is 993. The molecule has 28 heavy (non-hydrogen) atoms. The number of halogens is 1. The van der Waals surface area contributed by atoms with Crippen molar-refractivity contribution in [3.8, 4) is 11.3 Å². The Balaban J connectivity index is 1.76. The minimum absolute atomic E-state index is 0.0544. The van der Waals surface area contributed by atoms with Gasteiger partial charge in [-0.25, -0.2) is 4.39 Å². The molecule has 2 amide bonds. The van der Waals surface area contributed by atoms with Crippen LogP contribution in [0.15, 0.2) is 65.1 Å². The predicted octanol–water partition coefficient (Wildman–Crippen LogP) is 4.82. The predicted molar refractivity (Wildman–Crippen MR) is 106 cm³/mol. The van der Waals surface area contributed by atoms with Gasteiger partial charge in [0.05, 0.1) is 5.56 Å². The van der Waals surface area contributed by atoms with Gasteiger partial charge in [-0.05, 0) is 56.3 Å². The fraction of sp³-hybridized carbons (Fsp3) is 0.182. The molecule has 0 unspecified atom stereocenters. The van der Waals surface area contributed by atoms with Crippen molar-refractivity contribution in [3.05, 3.63) is 77.8 Å². The summed E-state index contributed by atoms with van der Waals surface area (Å²) in [5.74, 6) is -0.671. The molecule has 0 radical (unpaired) electrons. The number of carbonyl (C=O) groups excluding carboxylic acids is 2. The van der Waals surface area contributed by atoms with E-state index in [1.807, 2.05) is 13.8 Å². The van der Waals surface area contributed by atoms with Gasteiger partial charge < -0.3 is 14.6 Å². The van der Waals surface area contributed by atoms with Crippen LogP contribution in [0.4, 0.5) is 10.1 Å². The number of rotatable bonds is 6. The molecule has 144 valence electrons. The molecule has 0 aliphatic rings. The molecule has 0 saturated heterocycles. The van der Waals surface area contributed by atoms with Gasteiger partial charge in [-0.1, -0.05) is 18.2 Å². The van der Waals surface area contributed by atoms with E-state index in [1.54, 1.807) is 53.4 Å². The Morgan fingerprint density at radius 2 is 1.75 bits per heavy atom. The molecule has 1 N–H and O–H groups in total. The van der Waals surface area contributed by atoms with Gasteiger partial charge in [-0.15, -0.1) is 0 Å². The summed E-state index contributed by atoms with van der Waals surface area (Å²) >= 11 is 0. The van der Waals surface area contributed by atoms with Gasteiger partial charge in [-0.2, -0.15) is 0 Å². The molecule has 1 aromatic heterocycles.